The van der Waals surface area contributed by atoms with E-state index in [0.29, 0.717) is 5.82 Å². The molecule has 0 amide bonds. The zero-order valence-corrected chi connectivity index (χ0v) is 9.33. The fourth-order valence-electron chi connectivity index (χ4n) is 1.21. The van der Waals surface area contributed by atoms with Crippen molar-refractivity contribution in [3.8, 4) is 0 Å². The summed E-state index contributed by atoms with van der Waals surface area (Å²) in [5.41, 5.74) is 6.54. The number of rotatable bonds is 2. The highest BCUT2D eigenvalue weighted by Gasteiger charge is 2.13. The van der Waals surface area contributed by atoms with Crippen molar-refractivity contribution in [2.45, 2.75) is 0 Å². The van der Waals surface area contributed by atoms with Gasteiger partial charge in [0.1, 0.15) is 0 Å². The summed E-state index contributed by atoms with van der Waals surface area (Å²) in [6, 6.07) is 9.60. The predicted octanol–water partition coefficient (Wildman–Crippen LogP) is 1.92. The average molecular weight is 236 g/mol. The molecule has 2 N–H and O–H groups in total. The van der Waals surface area contributed by atoms with Crippen molar-refractivity contribution < 1.29 is 0 Å². The van der Waals surface area contributed by atoms with E-state index in [4.69, 9.17) is 18.0 Å². The molecular formula is C9H8N4S2. The molecule has 1 aromatic carbocycles. The third kappa shape index (κ3) is 2.11. The molecule has 2 aromatic rings. The molecule has 6 heteroatoms. The molecular weight excluding hydrogens is 228 g/mol. The summed E-state index contributed by atoms with van der Waals surface area (Å²) >= 11 is 6.25. The second kappa shape index (κ2) is 4.33. The minimum atomic E-state index is 0.258. The molecule has 0 saturated heterocycles. The van der Waals surface area contributed by atoms with Crippen molar-refractivity contribution in [1.29, 1.82) is 0 Å². The Hall–Kier alpha value is -1.53. The standard InChI is InChI=1S/C9H8N4S2/c10-9(14)13(8-6-15-12-11-8)7-4-2-1-3-5-7/h1-6H,(H2,10,14). The van der Waals surface area contributed by atoms with Crippen LogP contribution in [0.3, 0.4) is 0 Å². The highest BCUT2D eigenvalue weighted by molar-refractivity contribution is 7.80. The van der Waals surface area contributed by atoms with Crippen LogP contribution in [0.15, 0.2) is 35.7 Å². The number of aromatic nitrogens is 2. The lowest BCUT2D eigenvalue weighted by molar-refractivity contribution is 1.12. The maximum atomic E-state index is 5.65. The molecule has 0 aliphatic carbocycles. The van der Waals surface area contributed by atoms with Crippen LogP contribution in [0.5, 0.6) is 0 Å². The first kappa shape index (κ1) is 10.0. The van der Waals surface area contributed by atoms with Gasteiger partial charge >= 0.3 is 0 Å². The summed E-state index contributed by atoms with van der Waals surface area (Å²) in [5.74, 6) is 0.652. The number of thiocarbonyl (C=S) groups is 1. The largest absolute Gasteiger partial charge is 0.376 e. The van der Waals surface area contributed by atoms with Gasteiger partial charge in [0.25, 0.3) is 0 Å². The summed E-state index contributed by atoms with van der Waals surface area (Å²) in [6.07, 6.45) is 0. The number of benzene rings is 1. The minimum Gasteiger partial charge on any atom is -0.376 e. The normalized spacial score (nSPS) is 9.87. The Balaban J connectivity index is 2.42. The first-order valence-electron chi connectivity index (χ1n) is 4.20. The molecule has 76 valence electrons. The molecule has 0 radical (unpaired) electrons. The number of hydrogen-bond acceptors (Lipinski definition) is 4. The van der Waals surface area contributed by atoms with Crippen LogP contribution in [0.2, 0.25) is 0 Å². The Kier molecular flexibility index (Phi) is 2.89. The Morgan fingerprint density at radius 2 is 2.07 bits per heavy atom. The number of nitrogens with zero attached hydrogens (tertiary/aromatic N) is 3. The van der Waals surface area contributed by atoms with Crippen molar-refractivity contribution in [3.05, 3.63) is 35.7 Å². The molecule has 1 heterocycles. The monoisotopic (exact) mass is 236 g/mol. The average Bonchev–Trinajstić information content (AvgIpc) is 2.72. The first-order chi connectivity index (χ1) is 7.29. The van der Waals surface area contributed by atoms with Crippen LogP contribution < -0.4 is 10.6 Å². The number of nitrogens with two attached hydrogens (primary N) is 1. The zero-order chi connectivity index (χ0) is 10.7. The van der Waals surface area contributed by atoms with E-state index >= 15 is 0 Å². The number of hydrogen-bond donors (Lipinski definition) is 1. The lowest BCUT2D eigenvalue weighted by Gasteiger charge is -2.19. The molecule has 0 aliphatic rings. The smallest absolute Gasteiger partial charge is 0.176 e. The maximum absolute atomic E-state index is 5.65. The molecule has 2 rings (SSSR count). The molecule has 0 atom stereocenters. The predicted molar refractivity (Wildman–Crippen MR) is 65.3 cm³/mol. The number of anilines is 2. The van der Waals surface area contributed by atoms with Crippen LogP contribution in [0, 0.1) is 0 Å². The molecule has 0 saturated carbocycles. The first-order valence-corrected chi connectivity index (χ1v) is 5.45. The molecule has 0 spiro atoms. The minimum absolute atomic E-state index is 0.258. The van der Waals surface area contributed by atoms with Gasteiger partial charge in [0.2, 0.25) is 0 Å². The van der Waals surface area contributed by atoms with Crippen LogP contribution in [-0.2, 0) is 0 Å². The van der Waals surface area contributed by atoms with Gasteiger partial charge in [-0.3, -0.25) is 4.90 Å². The van der Waals surface area contributed by atoms with Crippen LogP contribution in [0.4, 0.5) is 11.5 Å². The van der Waals surface area contributed by atoms with Crippen molar-refractivity contribution in [2.24, 2.45) is 5.73 Å². The van der Waals surface area contributed by atoms with Crippen molar-refractivity contribution in [3.63, 3.8) is 0 Å². The van der Waals surface area contributed by atoms with E-state index in [0.717, 1.165) is 5.69 Å². The fraction of sp³-hybridized carbons (Fsp3) is 0. The van der Waals surface area contributed by atoms with Gasteiger partial charge in [0.15, 0.2) is 10.9 Å². The van der Waals surface area contributed by atoms with Gasteiger partial charge in [0, 0.05) is 5.69 Å². The van der Waals surface area contributed by atoms with Crippen LogP contribution in [0.25, 0.3) is 0 Å². The highest BCUT2D eigenvalue weighted by atomic mass is 32.1. The van der Waals surface area contributed by atoms with Crippen molar-refractivity contribution in [2.75, 3.05) is 4.90 Å². The summed E-state index contributed by atoms with van der Waals surface area (Å²) < 4.78 is 3.79. The second-order valence-corrected chi connectivity index (χ2v) is 3.80. The van der Waals surface area contributed by atoms with E-state index in [9.17, 15) is 0 Å². The maximum Gasteiger partial charge on any atom is 0.176 e. The van der Waals surface area contributed by atoms with Crippen molar-refractivity contribution in [1.82, 2.24) is 9.59 Å². The Bertz CT molecular complexity index is 440. The van der Waals surface area contributed by atoms with Gasteiger partial charge < -0.3 is 5.73 Å². The lowest BCUT2D eigenvalue weighted by atomic mass is 10.3. The molecule has 0 bridgehead atoms. The van der Waals surface area contributed by atoms with Gasteiger partial charge in [-0.05, 0) is 35.9 Å². The molecule has 4 nitrogen and oxygen atoms in total. The molecule has 0 aliphatic heterocycles. The summed E-state index contributed by atoms with van der Waals surface area (Å²) in [6.45, 7) is 0. The lowest BCUT2D eigenvalue weighted by Crippen LogP contribution is -2.31. The summed E-state index contributed by atoms with van der Waals surface area (Å²) in [4.78, 5) is 1.68. The van der Waals surface area contributed by atoms with E-state index in [2.05, 4.69) is 9.59 Å². The van der Waals surface area contributed by atoms with Crippen LogP contribution >= 0.6 is 23.8 Å². The quantitative estimate of drug-likeness (QED) is 0.807. The Labute approximate surface area is 96.5 Å². The number of para-hydroxylation sites is 1. The van der Waals surface area contributed by atoms with Crippen LogP contribution in [-0.4, -0.2) is 14.7 Å². The van der Waals surface area contributed by atoms with Gasteiger partial charge in [-0.15, -0.1) is 5.10 Å². The van der Waals surface area contributed by atoms with E-state index in [1.54, 1.807) is 10.3 Å². The fourth-order valence-corrected chi connectivity index (χ4v) is 1.83. The third-order valence-electron chi connectivity index (χ3n) is 1.81. The topological polar surface area (TPSA) is 55.0 Å². The van der Waals surface area contributed by atoms with Gasteiger partial charge in [-0.25, -0.2) is 0 Å². The second-order valence-electron chi connectivity index (χ2n) is 2.77. The van der Waals surface area contributed by atoms with Crippen LogP contribution in [0.1, 0.15) is 0 Å². The molecule has 0 unspecified atom stereocenters. The van der Waals surface area contributed by atoms with Crippen molar-refractivity contribution >= 4 is 40.4 Å². The Morgan fingerprint density at radius 1 is 1.33 bits per heavy atom. The van der Waals surface area contributed by atoms with Gasteiger partial charge in [-0.2, -0.15) is 0 Å². The summed E-state index contributed by atoms with van der Waals surface area (Å²) in [7, 11) is 0. The molecule has 0 fully saturated rings. The SMILES string of the molecule is NC(=S)N(c1ccccc1)c1csnn1. The van der Waals surface area contributed by atoms with E-state index in [-0.39, 0.29) is 5.11 Å². The van der Waals surface area contributed by atoms with E-state index in [1.165, 1.54) is 11.5 Å². The molecule has 1 aromatic heterocycles. The third-order valence-corrected chi connectivity index (χ3v) is 2.49. The summed E-state index contributed by atoms with van der Waals surface area (Å²) in [5, 5.41) is 6.00. The zero-order valence-electron chi connectivity index (χ0n) is 7.70. The van der Waals surface area contributed by atoms with E-state index < -0.39 is 0 Å². The Morgan fingerprint density at radius 3 is 2.60 bits per heavy atom. The highest BCUT2D eigenvalue weighted by Crippen LogP contribution is 2.23. The van der Waals surface area contributed by atoms with Gasteiger partial charge in [0.05, 0.1) is 5.38 Å². The van der Waals surface area contributed by atoms with E-state index in [1.807, 2.05) is 30.3 Å². The molecule has 15 heavy (non-hydrogen) atoms. The van der Waals surface area contributed by atoms with Gasteiger partial charge in [-0.1, -0.05) is 22.7 Å².